The van der Waals surface area contributed by atoms with Gasteiger partial charge in [-0.2, -0.15) is 0 Å². The summed E-state index contributed by atoms with van der Waals surface area (Å²) in [7, 11) is 1.90. The first-order chi connectivity index (χ1) is 9.31. The lowest BCUT2D eigenvalue weighted by molar-refractivity contribution is 0.141. The van der Waals surface area contributed by atoms with Crippen molar-refractivity contribution in [1.82, 2.24) is 5.32 Å². The van der Waals surface area contributed by atoms with Crippen LogP contribution >= 0.6 is 0 Å². The summed E-state index contributed by atoms with van der Waals surface area (Å²) in [6.07, 6.45) is 1.08. The standard InChI is InChI=1S/C17H30N2O/c1-6-12-7-8-13(17(2,3)4)11-14(12)16(20)15(18)9-10-19-5/h7-8,11,15-16,19-20H,6,9-10,18H2,1-5H3. The first-order valence-corrected chi connectivity index (χ1v) is 7.52. The van der Waals surface area contributed by atoms with E-state index in [-0.39, 0.29) is 11.5 Å². The van der Waals surface area contributed by atoms with Crippen LogP contribution < -0.4 is 11.1 Å². The van der Waals surface area contributed by atoms with E-state index in [1.165, 1.54) is 11.1 Å². The second-order valence-electron chi connectivity index (χ2n) is 6.52. The Morgan fingerprint density at radius 3 is 2.45 bits per heavy atom. The van der Waals surface area contributed by atoms with Gasteiger partial charge in [0.25, 0.3) is 0 Å². The second kappa shape index (κ2) is 7.21. The molecule has 0 heterocycles. The Balaban J connectivity index is 3.07. The molecule has 1 rings (SSSR count). The summed E-state index contributed by atoms with van der Waals surface area (Å²) in [5.41, 5.74) is 9.62. The summed E-state index contributed by atoms with van der Waals surface area (Å²) in [6.45, 7) is 9.49. The smallest absolute Gasteiger partial charge is 0.0944 e. The van der Waals surface area contributed by atoms with Gasteiger partial charge in [0.05, 0.1) is 6.10 Å². The van der Waals surface area contributed by atoms with Crippen LogP contribution in [0, 0.1) is 0 Å². The second-order valence-corrected chi connectivity index (χ2v) is 6.52. The maximum Gasteiger partial charge on any atom is 0.0944 e. The quantitative estimate of drug-likeness (QED) is 0.749. The van der Waals surface area contributed by atoms with Crippen molar-refractivity contribution in [2.24, 2.45) is 5.73 Å². The number of aliphatic hydroxyl groups excluding tert-OH is 1. The Kier molecular flexibility index (Phi) is 6.18. The molecule has 1 aromatic rings. The average molecular weight is 278 g/mol. The van der Waals surface area contributed by atoms with E-state index in [1.807, 2.05) is 7.05 Å². The molecule has 4 N–H and O–H groups in total. The molecule has 0 aliphatic carbocycles. The van der Waals surface area contributed by atoms with Gasteiger partial charge in [0.1, 0.15) is 0 Å². The van der Waals surface area contributed by atoms with Crippen molar-refractivity contribution < 1.29 is 5.11 Å². The molecule has 3 heteroatoms. The van der Waals surface area contributed by atoms with Crippen LogP contribution in [0.5, 0.6) is 0 Å². The van der Waals surface area contributed by atoms with Crippen molar-refractivity contribution in [2.45, 2.75) is 58.1 Å². The van der Waals surface area contributed by atoms with Crippen molar-refractivity contribution in [2.75, 3.05) is 13.6 Å². The van der Waals surface area contributed by atoms with Crippen LogP contribution in [0.25, 0.3) is 0 Å². The topological polar surface area (TPSA) is 58.3 Å². The van der Waals surface area contributed by atoms with E-state index in [4.69, 9.17) is 5.73 Å². The zero-order chi connectivity index (χ0) is 15.3. The summed E-state index contributed by atoms with van der Waals surface area (Å²) in [4.78, 5) is 0. The molecule has 0 saturated carbocycles. The highest BCUT2D eigenvalue weighted by molar-refractivity contribution is 5.37. The van der Waals surface area contributed by atoms with Crippen LogP contribution in [0.15, 0.2) is 18.2 Å². The van der Waals surface area contributed by atoms with Gasteiger partial charge in [0, 0.05) is 6.04 Å². The fourth-order valence-corrected chi connectivity index (χ4v) is 2.36. The van der Waals surface area contributed by atoms with Crippen LogP contribution in [-0.4, -0.2) is 24.7 Å². The number of hydrogen-bond acceptors (Lipinski definition) is 3. The molecule has 0 spiro atoms. The zero-order valence-corrected chi connectivity index (χ0v) is 13.5. The number of hydrogen-bond donors (Lipinski definition) is 3. The Bertz CT molecular complexity index is 423. The van der Waals surface area contributed by atoms with E-state index in [2.05, 4.69) is 51.2 Å². The van der Waals surface area contributed by atoms with Gasteiger partial charge in [0.15, 0.2) is 0 Å². The minimum absolute atomic E-state index is 0.0792. The Hall–Kier alpha value is -0.900. The molecule has 0 aromatic heterocycles. The van der Waals surface area contributed by atoms with Gasteiger partial charge in [-0.15, -0.1) is 0 Å². The molecule has 3 nitrogen and oxygen atoms in total. The summed E-state index contributed by atoms with van der Waals surface area (Å²) in [5.74, 6) is 0. The first-order valence-electron chi connectivity index (χ1n) is 7.52. The minimum Gasteiger partial charge on any atom is -0.387 e. The normalized spacial score (nSPS) is 15.2. The molecule has 2 atom stereocenters. The molecule has 0 amide bonds. The molecule has 0 bridgehead atoms. The lowest BCUT2D eigenvalue weighted by atomic mass is 9.83. The molecule has 20 heavy (non-hydrogen) atoms. The Labute approximate surface area is 123 Å². The first kappa shape index (κ1) is 17.2. The van der Waals surface area contributed by atoms with Gasteiger partial charge < -0.3 is 16.2 Å². The highest BCUT2D eigenvalue weighted by atomic mass is 16.3. The monoisotopic (exact) mass is 278 g/mol. The van der Waals surface area contributed by atoms with Crippen molar-refractivity contribution in [1.29, 1.82) is 0 Å². The van der Waals surface area contributed by atoms with Crippen molar-refractivity contribution in [3.8, 4) is 0 Å². The summed E-state index contributed by atoms with van der Waals surface area (Å²) in [6, 6.07) is 6.18. The van der Waals surface area contributed by atoms with Crippen LogP contribution in [-0.2, 0) is 11.8 Å². The van der Waals surface area contributed by atoms with Crippen molar-refractivity contribution >= 4 is 0 Å². The molecule has 0 radical (unpaired) electrons. The fraction of sp³-hybridized carbons (Fsp3) is 0.647. The summed E-state index contributed by atoms with van der Waals surface area (Å²) in [5, 5.41) is 13.6. The molecule has 0 aliphatic heterocycles. The molecular weight excluding hydrogens is 248 g/mol. The zero-order valence-electron chi connectivity index (χ0n) is 13.5. The van der Waals surface area contributed by atoms with Gasteiger partial charge in [-0.05, 0) is 48.5 Å². The van der Waals surface area contributed by atoms with Gasteiger partial charge in [-0.1, -0.05) is 45.9 Å². The van der Waals surface area contributed by atoms with E-state index in [0.717, 1.165) is 24.9 Å². The fourth-order valence-electron chi connectivity index (χ4n) is 2.36. The molecule has 114 valence electrons. The highest BCUT2D eigenvalue weighted by Crippen LogP contribution is 2.29. The summed E-state index contributed by atoms with van der Waals surface area (Å²) >= 11 is 0. The van der Waals surface area contributed by atoms with Crippen LogP contribution in [0.2, 0.25) is 0 Å². The third-order valence-electron chi connectivity index (χ3n) is 3.84. The van der Waals surface area contributed by atoms with Gasteiger partial charge in [-0.3, -0.25) is 0 Å². The van der Waals surface area contributed by atoms with E-state index in [9.17, 15) is 5.11 Å². The summed E-state index contributed by atoms with van der Waals surface area (Å²) < 4.78 is 0. The number of rotatable bonds is 6. The van der Waals surface area contributed by atoms with Crippen LogP contribution in [0.1, 0.15) is 56.9 Å². The van der Waals surface area contributed by atoms with Gasteiger partial charge in [0.2, 0.25) is 0 Å². The number of benzene rings is 1. The van der Waals surface area contributed by atoms with E-state index < -0.39 is 6.10 Å². The van der Waals surface area contributed by atoms with Crippen molar-refractivity contribution in [3.63, 3.8) is 0 Å². The molecule has 0 fully saturated rings. The molecule has 1 aromatic carbocycles. The highest BCUT2D eigenvalue weighted by Gasteiger charge is 2.22. The molecule has 0 aliphatic rings. The number of aryl methyl sites for hydroxylation is 1. The average Bonchev–Trinajstić information content (AvgIpc) is 2.42. The predicted molar refractivity (Wildman–Crippen MR) is 86.0 cm³/mol. The lowest BCUT2D eigenvalue weighted by Crippen LogP contribution is -2.32. The van der Waals surface area contributed by atoms with Gasteiger partial charge >= 0.3 is 0 Å². The lowest BCUT2D eigenvalue weighted by Gasteiger charge is -2.25. The minimum atomic E-state index is -0.597. The van der Waals surface area contributed by atoms with E-state index >= 15 is 0 Å². The SMILES string of the molecule is CCc1ccc(C(C)(C)C)cc1C(O)C(N)CCNC. The molecule has 2 unspecified atom stereocenters. The van der Waals surface area contributed by atoms with Gasteiger partial charge in [-0.25, -0.2) is 0 Å². The largest absolute Gasteiger partial charge is 0.387 e. The maximum atomic E-state index is 10.6. The number of aliphatic hydroxyl groups is 1. The van der Waals surface area contributed by atoms with E-state index in [1.54, 1.807) is 0 Å². The molecule has 0 saturated heterocycles. The van der Waals surface area contributed by atoms with Crippen molar-refractivity contribution in [3.05, 3.63) is 34.9 Å². The van der Waals surface area contributed by atoms with E-state index in [0.29, 0.717) is 0 Å². The number of nitrogens with one attached hydrogen (secondary N) is 1. The third kappa shape index (κ3) is 4.30. The maximum absolute atomic E-state index is 10.6. The van der Waals surface area contributed by atoms with Crippen LogP contribution in [0.3, 0.4) is 0 Å². The number of nitrogens with two attached hydrogens (primary N) is 1. The Morgan fingerprint density at radius 2 is 1.95 bits per heavy atom. The predicted octanol–water partition coefficient (Wildman–Crippen LogP) is 2.52. The van der Waals surface area contributed by atoms with Crippen LogP contribution in [0.4, 0.5) is 0 Å². The Morgan fingerprint density at radius 1 is 1.30 bits per heavy atom. The molecular formula is C17H30N2O. The third-order valence-corrected chi connectivity index (χ3v) is 3.84.